The van der Waals surface area contributed by atoms with Gasteiger partial charge in [0.1, 0.15) is 25.0 Å². The molecular weight excluding hydrogens is 380 g/mol. The van der Waals surface area contributed by atoms with Crippen LogP contribution in [-0.2, 0) is 6.54 Å². The van der Waals surface area contributed by atoms with Crippen molar-refractivity contribution in [2.75, 3.05) is 25.2 Å². The Morgan fingerprint density at radius 1 is 1.17 bits per heavy atom. The number of nitrogens with zero attached hydrogens (tertiary/aromatic N) is 3. The first-order valence-electron chi connectivity index (χ1n) is 8.92. The largest absolute Gasteiger partial charge is 0.486 e. The van der Waals surface area contributed by atoms with Gasteiger partial charge in [-0.1, -0.05) is 6.07 Å². The highest BCUT2D eigenvalue weighted by atomic mass is 19.3. The van der Waals surface area contributed by atoms with Crippen molar-refractivity contribution in [2.45, 2.75) is 13.2 Å². The molecular formula is C21H17F2N3O3. The minimum Gasteiger partial charge on any atom is -0.486 e. The number of anilines is 1. The maximum atomic E-state index is 12.6. The fourth-order valence-electron chi connectivity index (χ4n) is 3.37. The maximum Gasteiger partial charge on any atom is 0.387 e. The van der Waals surface area contributed by atoms with Crippen molar-refractivity contribution in [3.8, 4) is 23.3 Å². The van der Waals surface area contributed by atoms with Gasteiger partial charge in [0.25, 0.3) is 0 Å². The number of ether oxygens (including phenoxy) is 3. The number of alkyl halides is 2. The standard InChI is InChI=1S/C21H17F2N3O3/c1-26(12-13-2-5-18-19(8-13)28-7-6-27-18)20-14(10-24)11-25-17-4-3-15(9-16(17)20)29-21(22)23/h2-5,8-9,11,21H,6-7,12H2,1H3. The maximum absolute atomic E-state index is 12.6. The normalized spacial score (nSPS) is 12.7. The summed E-state index contributed by atoms with van der Waals surface area (Å²) in [6.45, 7) is -1.46. The Morgan fingerprint density at radius 2 is 1.97 bits per heavy atom. The molecule has 3 aromatic rings. The molecule has 1 aliphatic rings. The number of hydrogen-bond donors (Lipinski definition) is 0. The predicted octanol–water partition coefficient (Wildman–Crippen LogP) is 4.12. The van der Waals surface area contributed by atoms with Gasteiger partial charge >= 0.3 is 6.61 Å². The van der Waals surface area contributed by atoms with Crippen LogP contribution >= 0.6 is 0 Å². The van der Waals surface area contributed by atoms with E-state index in [9.17, 15) is 14.0 Å². The summed E-state index contributed by atoms with van der Waals surface area (Å²) in [5.74, 6) is 1.39. The van der Waals surface area contributed by atoms with Gasteiger partial charge in [0.15, 0.2) is 11.5 Å². The summed E-state index contributed by atoms with van der Waals surface area (Å²) in [5, 5.41) is 10.1. The van der Waals surface area contributed by atoms with Crippen LogP contribution in [0, 0.1) is 11.3 Å². The highest BCUT2D eigenvalue weighted by Crippen LogP contribution is 2.34. The van der Waals surface area contributed by atoms with Gasteiger partial charge in [-0.15, -0.1) is 0 Å². The molecule has 0 atom stereocenters. The number of nitriles is 1. The Balaban J connectivity index is 1.72. The van der Waals surface area contributed by atoms with Gasteiger partial charge in [-0.2, -0.15) is 14.0 Å². The van der Waals surface area contributed by atoms with Crippen molar-refractivity contribution in [1.29, 1.82) is 5.26 Å². The Bertz CT molecular complexity index is 1100. The van der Waals surface area contributed by atoms with E-state index in [2.05, 4.69) is 15.8 Å². The van der Waals surface area contributed by atoms with Gasteiger partial charge in [-0.25, -0.2) is 0 Å². The molecule has 0 saturated heterocycles. The zero-order valence-corrected chi connectivity index (χ0v) is 15.6. The van der Waals surface area contributed by atoms with Gasteiger partial charge in [0.05, 0.1) is 16.8 Å². The second-order valence-corrected chi connectivity index (χ2v) is 6.52. The van der Waals surface area contributed by atoms with E-state index in [-0.39, 0.29) is 5.75 Å². The second-order valence-electron chi connectivity index (χ2n) is 6.52. The summed E-state index contributed by atoms with van der Waals surface area (Å²) in [4.78, 5) is 6.13. The molecule has 2 aromatic carbocycles. The van der Waals surface area contributed by atoms with E-state index in [4.69, 9.17) is 9.47 Å². The Labute approximate surface area is 165 Å². The molecule has 0 saturated carbocycles. The first-order chi connectivity index (χ1) is 14.0. The van der Waals surface area contributed by atoms with Crippen molar-refractivity contribution in [1.82, 2.24) is 4.98 Å². The molecule has 0 fully saturated rings. The van der Waals surface area contributed by atoms with Crippen LogP contribution in [0.5, 0.6) is 17.2 Å². The number of fused-ring (bicyclic) bond motifs is 2. The van der Waals surface area contributed by atoms with E-state index < -0.39 is 6.61 Å². The molecule has 4 rings (SSSR count). The molecule has 0 bridgehead atoms. The summed E-state index contributed by atoms with van der Waals surface area (Å²) in [6, 6.07) is 12.3. The van der Waals surface area contributed by atoms with Crippen LogP contribution < -0.4 is 19.1 Å². The third kappa shape index (κ3) is 3.85. The number of rotatable bonds is 5. The second kappa shape index (κ2) is 7.80. The van der Waals surface area contributed by atoms with Crippen molar-refractivity contribution in [3.63, 3.8) is 0 Å². The van der Waals surface area contributed by atoms with Gasteiger partial charge in [0, 0.05) is 25.2 Å². The van der Waals surface area contributed by atoms with Gasteiger partial charge in [0.2, 0.25) is 0 Å². The van der Waals surface area contributed by atoms with Crippen molar-refractivity contribution in [3.05, 3.63) is 53.7 Å². The molecule has 1 aromatic heterocycles. The molecule has 0 N–H and O–H groups in total. The Morgan fingerprint density at radius 3 is 2.72 bits per heavy atom. The molecule has 8 heteroatoms. The quantitative estimate of drug-likeness (QED) is 0.645. The van der Waals surface area contributed by atoms with Crippen LogP contribution in [0.2, 0.25) is 0 Å². The number of benzene rings is 2. The topological polar surface area (TPSA) is 67.6 Å². The summed E-state index contributed by atoms with van der Waals surface area (Å²) >= 11 is 0. The summed E-state index contributed by atoms with van der Waals surface area (Å²) in [7, 11) is 1.83. The molecule has 0 aliphatic carbocycles. The number of hydrogen-bond acceptors (Lipinski definition) is 6. The average Bonchev–Trinajstić information content (AvgIpc) is 2.72. The van der Waals surface area contributed by atoms with E-state index in [1.165, 1.54) is 18.3 Å². The fourth-order valence-corrected chi connectivity index (χ4v) is 3.37. The van der Waals surface area contributed by atoms with Crippen LogP contribution in [-0.4, -0.2) is 31.9 Å². The van der Waals surface area contributed by atoms with Crippen LogP contribution in [0.4, 0.5) is 14.5 Å². The average molecular weight is 397 g/mol. The molecule has 6 nitrogen and oxygen atoms in total. The smallest absolute Gasteiger partial charge is 0.387 e. The molecule has 29 heavy (non-hydrogen) atoms. The monoisotopic (exact) mass is 397 g/mol. The highest BCUT2D eigenvalue weighted by Gasteiger charge is 2.17. The van der Waals surface area contributed by atoms with E-state index >= 15 is 0 Å². The lowest BCUT2D eigenvalue weighted by Crippen LogP contribution is -2.19. The first kappa shape index (κ1) is 18.7. The van der Waals surface area contributed by atoms with Crippen LogP contribution in [0.15, 0.2) is 42.6 Å². The lowest BCUT2D eigenvalue weighted by Gasteiger charge is -2.24. The number of halogens is 2. The van der Waals surface area contributed by atoms with Crippen LogP contribution in [0.3, 0.4) is 0 Å². The van der Waals surface area contributed by atoms with E-state index in [1.54, 1.807) is 6.07 Å². The van der Waals surface area contributed by atoms with E-state index in [1.807, 2.05) is 30.1 Å². The SMILES string of the molecule is CN(Cc1ccc2c(c1)OCCO2)c1c(C#N)cnc2ccc(OC(F)F)cc12. The third-order valence-corrected chi connectivity index (χ3v) is 4.56. The zero-order valence-electron chi connectivity index (χ0n) is 15.6. The molecule has 148 valence electrons. The Hall–Kier alpha value is -3.60. The van der Waals surface area contributed by atoms with Gasteiger partial charge in [-0.05, 0) is 35.9 Å². The highest BCUT2D eigenvalue weighted by molar-refractivity contribution is 5.95. The van der Waals surface area contributed by atoms with Crippen molar-refractivity contribution < 1.29 is 23.0 Å². The molecule has 0 radical (unpaired) electrons. The summed E-state index contributed by atoms with van der Waals surface area (Å²) in [6.07, 6.45) is 1.48. The lowest BCUT2D eigenvalue weighted by atomic mass is 10.1. The Kier molecular flexibility index (Phi) is 5.04. The lowest BCUT2D eigenvalue weighted by molar-refractivity contribution is -0.0497. The third-order valence-electron chi connectivity index (χ3n) is 4.56. The number of pyridine rings is 1. The minimum atomic E-state index is -2.93. The van der Waals surface area contributed by atoms with E-state index in [0.29, 0.717) is 53.4 Å². The van der Waals surface area contributed by atoms with Crippen molar-refractivity contribution >= 4 is 16.6 Å². The summed E-state index contributed by atoms with van der Waals surface area (Å²) in [5.41, 5.74) is 2.46. The minimum absolute atomic E-state index is 0.0124. The van der Waals surface area contributed by atoms with Gasteiger partial charge < -0.3 is 19.1 Å². The van der Waals surface area contributed by atoms with E-state index in [0.717, 1.165) is 5.56 Å². The fraction of sp³-hybridized carbons (Fsp3) is 0.238. The molecule has 0 unspecified atom stereocenters. The van der Waals surface area contributed by atoms with Gasteiger partial charge in [-0.3, -0.25) is 4.98 Å². The molecule has 0 amide bonds. The van der Waals surface area contributed by atoms with Crippen LogP contribution in [0.25, 0.3) is 10.9 Å². The molecule has 1 aliphatic heterocycles. The zero-order chi connectivity index (χ0) is 20.4. The summed E-state index contributed by atoms with van der Waals surface area (Å²) < 4.78 is 40.9. The molecule has 2 heterocycles. The first-order valence-corrected chi connectivity index (χ1v) is 8.92. The van der Waals surface area contributed by atoms with Crippen molar-refractivity contribution in [2.24, 2.45) is 0 Å². The predicted molar refractivity (Wildman–Crippen MR) is 103 cm³/mol. The number of aromatic nitrogens is 1. The molecule has 0 spiro atoms. The van der Waals surface area contributed by atoms with Crippen LogP contribution in [0.1, 0.15) is 11.1 Å².